The molecular weight excluding hydrogens is 346 g/mol. The summed E-state index contributed by atoms with van der Waals surface area (Å²) in [5, 5.41) is 4.43. The maximum atomic E-state index is 4.68. The summed E-state index contributed by atoms with van der Waals surface area (Å²) < 4.78 is 1.08. The van der Waals surface area contributed by atoms with Crippen LogP contribution in [-0.4, -0.2) is 16.5 Å². The molecule has 2 rings (SSSR count). The second-order valence-electron chi connectivity index (χ2n) is 4.76. The Bertz CT molecular complexity index is 616. The van der Waals surface area contributed by atoms with Gasteiger partial charge in [-0.25, -0.2) is 9.97 Å². The standard InChI is InChI=1S/C16H20BrN3S/c1-4-9-18-15-11(3)16(20-14(5-2)19-15)21-13-8-6-7-12(17)10-13/h6-8,10H,4-5,9H2,1-3H3,(H,18,19,20). The summed E-state index contributed by atoms with van der Waals surface area (Å²) in [6.45, 7) is 7.25. The second kappa shape index (κ2) is 7.80. The van der Waals surface area contributed by atoms with Gasteiger partial charge in [-0.3, -0.25) is 0 Å². The Balaban J connectivity index is 2.33. The van der Waals surface area contributed by atoms with Gasteiger partial charge in [0.25, 0.3) is 0 Å². The number of anilines is 1. The fourth-order valence-corrected chi connectivity index (χ4v) is 3.36. The van der Waals surface area contributed by atoms with E-state index in [0.29, 0.717) is 0 Å². The number of benzene rings is 1. The van der Waals surface area contributed by atoms with Gasteiger partial charge in [-0.15, -0.1) is 0 Å². The number of hydrogen-bond acceptors (Lipinski definition) is 4. The highest BCUT2D eigenvalue weighted by Crippen LogP contribution is 2.32. The number of hydrogen-bond donors (Lipinski definition) is 1. The highest BCUT2D eigenvalue weighted by atomic mass is 79.9. The van der Waals surface area contributed by atoms with Crippen molar-refractivity contribution >= 4 is 33.5 Å². The monoisotopic (exact) mass is 365 g/mol. The number of nitrogens with one attached hydrogen (secondary N) is 1. The van der Waals surface area contributed by atoms with Crippen molar-refractivity contribution in [3.05, 3.63) is 40.1 Å². The van der Waals surface area contributed by atoms with Gasteiger partial charge in [-0.2, -0.15) is 0 Å². The molecule has 0 aliphatic carbocycles. The van der Waals surface area contributed by atoms with Crippen LogP contribution in [-0.2, 0) is 6.42 Å². The van der Waals surface area contributed by atoms with E-state index in [-0.39, 0.29) is 0 Å². The second-order valence-corrected chi connectivity index (χ2v) is 6.74. The Kier molecular flexibility index (Phi) is 6.06. The largest absolute Gasteiger partial charge is 0.370 e. The first kappa shape index (κ1) is 16.3. The van der Waals surface area contributed by atoms with Crippen molar-refractivity contribution in [3.8, 4) is 0 Å². The number of nitrogens with zero attached hydrogens (tertiary/aromatic N) is 2. The average Bonchev–Trinajstić information content (AvgIpc) is 2.48. The Hall–Kier alpha value is -1.07. The van der Waals surface area contributed by atoms with E-state index in [4.69, 9.17) is 0 Å². The Labute approximate surface area is 139 Å². The van der Waals surface area contributed by atoms with Gasteiger partial charge in [-0.1, -0.05) is 47.6 Å². The summed E-state index contributed by atoms with van der Waals surface area (Å²) in [4.78, 5) is 10.5. The van der Waals surface area contributed by atoms with Gasteiger partial charge in [0.1, 0.15) is 16.7 Å². The van der Waals surface area contributed by atoms with E-state index in [1.54, 1.807) is 11.8 Å². The maximum absolute atomic E-state index is 4.68. The van der Waals surface area contributed by atoms with E-state index >= 15 is 0 Å². The summed E-state index contributed by atoms with van der Waals surface area (Å²) >= 11 is 5.20. The van der Waals surface area contributed by atoms with Crippen LogP contribution in [0.4, 0.5) is 5.82 Å². The van der Waals surface area contributed by atoms with Crippen molar-refractivity contribution in [2.75, 3.05) is 11.9 Å². The molecule has 1 heterocycles. The topological polar surface area (TPSA) is 37.8 Å². The van der Waals surface area contributed by atoms with Crippen LogP contribution in [0.15, 0.2) is 38.7 Å². The molecule has 1 aromatic heterocycles. The van der Waals surface area contributed by atoms with Gasteiger partial charge < -0.3 is 5.32 Å². The summed E-state index contributed by atoms with van der Waals surface area (Å²) in [6.07, 6.45) is 1.92. The van der Waals surface area contributed by atoms with Crippen LogP contribution in [0.3, 0.4) is 0 Å². The number of aromatic nitrogens is 2. The molecule has 0 amide bonds. The van der Waals surface area contributed by atoms with Crippen molar-refractivity contribution in [1.82, 2.24) is 9.97 Å². The molecule has 2 aromatic rings. The molecule has 0 radical (unpaired) electrons. The number of rotatable bonds is 6. The molecule has 0 bridgehead atoms. The summed E-state index contributed by atoms with van der Waals surface area (Å²) in [7, 11) is 0. The predicted molar refractivity (Wildman–Crippen MR) is 93.2 cm³/mol. The van der Waals surface area contributed by atoms with Crippen molar-refractivity contribution in [3.63, 3.8) is 0 Å². The molecule has 0 aliphatic heterocycles. The lowest BCUT2D eigenvalue weighted by molar-refractivity contribution is 0.861. The first-order chi connectivity index (χ1) is 10.1. The molecule has 0 unspecified atom stereocenters. The van der Waals surface area contributed by atoms with Crippen LogP contribution < -0.4 is 5.32 Å². The molecule has 1 N–H and O–H groups in total. The van der Waals surface area contributed by atoms with Crippen LogP contribution in [0, 0.1) is 6.92 Å². The third kappa shape index (κ3) is 4.45. The molecule has 5 heteroatoms. The summed E-state index contributed by atoms with van der Waals surface area (Å²) in [5.74, 6) is 1.85. The Morgan fingerprint density at radius 2 is 2.05 bits per heavy atom. The lowest BCUT2D eigenvalue weighted by Crippen LogP contribution is -2.08. The molecule has 0 saturated carbocycles. The van der Waals surface area contributed by atoms with E-state index in [9.17, 15) is 0 Å². The van der Waals surface area contributed by atoms with Gasteiger partial charge >= 0.3 is 0 Å². The molecule has 0 fully saturated rings. The molecule has 1 aromatic carbocycles. The predicted octanol–water partition coefficient (Wildman–Crippen LogP) is 5.08. The highest BCUT2D eigenvalue weighted by molar-refractivity contribution is 9.10. The third-order valence-corrected chi connectivity index (χ3v) is 4.59. The number of halogens is 1. The van der Waals surface area contributed by atoms with Crippen LogP contribution in [0.1, 0.15) is 31.7 Å². The van der Waals surface area contributed by atoms with E-state index in [2.05, 4.69) is 64.1 Å². The molecule has 3 nitrogen and oxygen atoms in total. The van der Waals surface area contributed by atoms with Gasteiger partial charge in [0.2, 0.25) is 0 Å². The quantitative estimate of drug-likeness (QED) is 0.724. The SMILES string of the molecule is CCCNc1nc(CC)nc(Sc2cccc(Br)c2)c1C. The van der Waals surface area contributed by atoms with Crippen LogP contribution in [0.25, 0.3) is 0 Å². The first-order valence-corrected chi connectivity index (χ1v) is 8.79. The molecule has 0 saturated heterocycles. The van der Waals surface area contributed by atoms with E-state index in [1.165, 1.54) is 4.90 Å². The van der Waals surface area contributed by atoms with Crippen LogP contribution in [0.2, 0.25) is 0 Å². The van der Waals surface area contributed by atoms with Crippen LogP contribution >= 0.6 is 27.7 Å². The molecule has 21 heavy (non-hydrogen) atoms. The van der Waals surface area contributed by atoms with Gasteiger partial charge in [-0.05, 0) is 31.5 Å². The average molecular weight is 366 g/mol. The summed E-state index contributed by atoms with van der Waals surface area (Å²) in [5.41, 5.74) is 1.12. The Morgan fingerprint density at radius 3 is 2.71 bits per heavy atom. The number of aryl methyl sites for hydroxylation is 1. The van der Waals surface area contributed by atoms with Gasteiger partial charge in [0, 0.05) is 27.9 Å². The minimum absolute atomic E-state index is 0.840. The summed E-state index contributed by atoms with van der Waals surface area (Å²) in [6, 6.07) is 8.28. The van der Waals surface area contributed by atoms with E-state index in [0.717, 1.165) is 46.1 Å². The zero-order valence-corrected chi connectivity index (χ0v) is 15.0. The lowest BCUT2D eigenvalue weighted by Gasteiger charge is -2.13. The van der Waals surface area contributed by atoms with Crippen molar-refractivity contribution in [2.45, 2.75) is 43.5 Å². The van der Waals surface area contributed by atoms with Gasteiger partial charge in [0.15, 0.2) is 0 Å². The minimum atomic E-state index is 0.840. The first-order valence-electron chi connectivity index (χ1n) is 7.18. The smallest absolute Gasteiger partial charge is 0.133 e. The fourth-order valence-electron chi connectivity index (χ4n) is 1.86. The minimum Gasteiger partial charge on any atom is -0.370 e. The van der Waals surface area contributed by atoms with Crippen molar-refractivity contribution in [1.29, 1.82) is 0 Å². The van der Waals surface area contributed by atoms with E-state index in [1.807, 2.05) is 12.1 Å². The highest BCUT2D eigenvalue weighted by Gasteiger charge is 2.11. The lowest BCUT2D eigenvalue weighted by atomic mass is 10.3. The zero-order chi connectivity index (χ0) is 15.2. The third-order valence-electron chi connectivity index (χ3n) is 3.02. The molecule has 0 spiro atoms. The van der Waals surface area contributed by atoms with E-state index < -0.39 is 0 Å². The maximum Gasteiger partial charge on any atom is 0.133 e. The molecule has 0 atom stereocenters. The molecule has 0 aliphatic rings. The normalized spacial score (nSPS) is 10.7. The zero-order valence-electron chi connectivity index (χ0n) is 12.6. The van der Waals surface area contributed by atoms with Crippen molar-refractivity contribution in [2.24, 2.45) is 0 Å². The van der Waals surface area contributed by atoms with Gasteiger partial charge in [0.05, 0.1) is 0 Å². The van der Waals surface area contributed by atoms with Crippen LogP contribution in [0.5, 0.6) is 0 Å². The fraction of sp³-hybridized carbons (Fsp3) is 0.375. The Morgan fingerprint density at radius 1 is 1.24 bits per heavy atom. The molecular formula is C16H20BrN3S. The van der Waals surface area contributed by atoms with Crippen molar-refractivity contribution < 1.29 is 0 Å². The molecule has 112 valence electrons.